The molecule has 1 aromatic carbocycles. The first-order chi connectivity index (χ1) is 9.04. The molecule has 2 amide bonds. The molecule has 0 aliphatic carbocycles. The van der Waals surface area contributed by atoms with Gasteiger partial charge in [-0.2, -0.15) is 4.37 Å². The lowest BCUT2D eigenvalue weighted by Crippen LogP contribution is -2.18. The summed E-state index contributed by atoms with van der Waals surface area (Å²) in [5.74, 6) is 0. The predicted molar refractivity (Wildman–Crippen MR) is 71.2 cm³/mol. The Morgan fingerprint density at radius 3 is 2.74 bits per heavy atom. The third-order valence-corrected chi connectivity index (χ3v) is 3.02. The fraction of sp³-hybridized carbons (Fsp3) is 0.0909. The summed E-state index contributed by atoms with van der Waals surface area (Å²) in [5.41, 5.74) is 0.145. The summed E-state index contributed by atoms with van der Waals surface area (Å²) in [5, 5.41) is 5.67. The van der Waals surface area contributed by atoms with Crippen LogP contribution in [-0.2, 0) is 0 Å². The number of nitrogens with one attached hydrogen (secondary N) is 2. The van der Waals surface area contributed by atoms with Crippen LogP contribution in [0.25, 0.3) is 0 Å². The van der Waals surface area contributed by atoms with Crippen molar-refractivity contribution >= 4 is 39.9 Å². The highest BCUT2D eigenvalue weighted by molar-refractivity contribution is 7.10. The van der Waals surface area contributed by atoms with Crippen molar-refractivity contribution in [2.24, 2.45) is 0 Å². The van der Waals surface area contributed by atoms with Crippen molar-refractivity contribution in [1.29, 1.82) is 0 Å². The Morgan fingerprint density at radius 1 is 1.32 bits per heavy atom. The van der Waals surface area contributed by atoms with Crippen LogP contribution >= 0.6 is 23.1 Å². The van der Waals surface area contributed by atoms with E-state index in [1.54, 1.807) is 24.3 Å². The normalized spacial score (nSPS) is 10.5. The number of hydrogen-bond acceptors (Lipinski definition) is 3. The number of hydrogen-bond donors (Lipinski definition) is 2. The summed E-state index contributed by atoms with van der Waals surface area (Å²) < 4.78 is 28.1. The van der Waals surface area contributed by atoms with Crippen LogP contribution in [0, 0.1) is 0 Å². The summed E-state index contributed by atoms with van der Waals surface area (Å²) in [6, 6.07) is 7.16. The number of carbonyl (C=O) groups excluding carboxylic acids is 1. The maximum atomic E-state index is 12.3. The van der Waals surface area contributed by atoms with Crippen LogP contribution in [0.1, 0.15) is 12.1 Å². The van der Waals surface area contributed by atoms with E-state index in [9.17, 15) is 13.6 Å². The molecule has 0 aliphatic heterocycles. The highest BCUT2D eigenvalue weighted by atomic mass is 35.5. The van der Waals surface area contributed by atoms with E-state index in [0.29, 0.717) is 10.7 Å². The first-order valence-electron chi connectivity index (χ1n) is 5.13. The molecule has 100 valence electrons. The molecule has 2 aromatic rings. The molecule has 4 nitrogen and oxygen atoms in total. The molecule has 0 bridgehead atoms. The van der Waals surface area contributed by atoms with E-state index in [1.807, 2.05) is 0 Å². The van der Waals surface area contributed by atoms with Crippen LogP contribution < -0.4 is 10.6 Å². The number of benzene rings is 1. The van der Waals surface area contributed by atoms with Crippen LogP contribution in [0.3, 0.4) is 0 Å². The number of carbonyl (C=O) groups is 1. The topological polar surface area (TPSA) is 54.0 Å². The second-order valence-corrected chi connectivity index (χ2v) is 4.75. The van der Waals surface area contributed by atoms with Gasteiger partial charge in [-0.25, -0.2) is 13.6 Å². The maximum Gasteiger partial charge on any atom is 0.324 e. The van der Waals surface area contributed by atoms with Crippen molar-refractivity contribution in [2.75, 3.05) is 10.6 Å². The number of alkyl halides is 2. The van der Waals surface area contributed by atoms with Crippen molar-refractivity contribution < 1.29 is 13.6 Å². The predicted octanol–water partition coefficient (Wildman–Crippen LogP) is 4.38. The van der Waals surface area contributed by atoms with E-state index in [-0.39, 0.29) is 10.7 Å². The summed E-state index contributed by atoms with van der Waals surface area (Å²) in [7, 11) is 0. The maximum absolute atomic E-state index is 12.3. The highest BCUT2D eigenvalue weighted by Crippen LogP contribution is 2.24. The van der Waals surface area contributed by atoms with Gasteiger partial charge in [0.1, 0.15) is 10.7 Å². The Hall–Kier alpha value is -1.73. The van der Waals surface area contributed by atoms with Crippen LogP contribution in [0.4, 0.5) is 24.3 Å². The highest BCUT2D eigenvalue weighted by Gasteiger charge is 2.13. The van der Waals surface area contributed by atoms with E-state index >= 15 is 0 Å². The minimum Gasteiger partial charge on any atom is -0.308 e. The first kappa shape index (κ1) is 13.7. The fourth-order valence-corrected chi connectivity index (χ4v) is 2.13. The van der Waals surface area contributed by atoms with Gasteiger partial charge in [-0.05, 0) is 29.7 Å². The molecule has 0 fully saturated rings. The Kier molecular flexibility index (Phi) is 4.28. The smallest absolute Gasteiger partial charge is 0.308 e. The molecule has 0 spiro atoms. The lowest BCUT2D eigenvalue weighted by molar-refractivity contribution is 0.147. The molecule has 19 heavy (non-hydrogen) atoms. The van der Waals surface area contributed by atoms with Gasteiger partial charge in [0.05, 0.1) is 0 Å². The second-order valence-electron chi connectivity index (χ2n) is 3.51. The van der Waals surface area contributed by atoms with Gasteiger partial charge >= 0.3 is 6.03 Å². The molecule has 0 aliphatic rings. The largest absolute Gasteiger partial charge is 0.324 e. The number of aromatic nitrogens is 1. The van der Waals surface area contributed by atoms with Gasteiger partial charge in [-0.1, -0.05) is 17.7 Å². The molecule has 0 saturated carbocycles. The third kappa shape index (κ3) is 3.87. The zero-order valence-corrected chi connectivity index (χ0v) is 10.9. The average molecular weight is 304 g/mol. The number of anilines is 2. The Morgan fingerprint density at radius 2 is 2.11 bits per heavy atom. The Bertz CT molecular complexity index is 591. The number of rotatable bonds is 3. The van der Waals surface area contributed by atoms with Gasteiger partial charge in [-0.3, -0.25) is 5.32 Å². The van der Waals surface area contributed by atoms with E-state index in [2.05, 4.69) is 15.0 Å². The molecule has 0 unspecified atom stereocenters. The zero-order chi connectivity index (χ0) is 13.8. The molecule has 0 radical (unpaired) electrons. The van der Waals surface area contributed by atoms with Gasteiger partial charge in [0.2, 0.25) is 0 Å². The summed E-state index contributed by atoms with van der Waals surface area (Å²) in [6.07, 6.45) is -2.65. The van der Waals surface area contributed by atoms with Gasteiger partial charge < -0.3 is 5.32 Å². The average Bonchev–Trinajstić information content (AvgIpc) is 2.77. The van der Waals surface area contributed by atoms with Gasteiger partial charge in [-0.15, -0.1) is 0 Å². The molecule has 2 rings (SSSR count). The Labute approximate surface area is 116 Å². The molecule has 1 heterocycles. The summed E-state index contributed by atoms with van der Waals surface area (Å²) in [4.78, 5) is 11.6. The monoisotopic (exact) mass is 303 g/mol. The van der Waals surface area contributed by atoms with Gasteiger partial charge in [0.15, 0.2) is 0 Å². The van der Waals surface area contributed by atoms with E-state index in [4.69, 9.17) is 11.6 Å². The van der Waals surface area contributed by atoms with E-state index in [0.717, 1.165) is 17.6 Å². The molecule has 0 saturated heterocycles. The quantitative estimate of drug-likeness (QED) is 0.884. The standard InChI is InChI=1S/C11H8ClF2N3OS/c12-6-2-1-3-7(4-6)15-11(18)16-9-5-8(10(13)14)17-19-9/h1-5,10H,(H2,15,16,18). The molecular weight excluding hydrogens is 296 g/mol. The number of urea groups is 1. The van der Waals surface area contributed by atoms with Crippen molar-refractivity contribution in [2.45, 2.75) is 6.43 Å². The minimum absolute atomic E-state index is 0.245. The van der Waals surface area contributed by atoms with Crippen LogP contribution in [-0.4, -0.2) is 10.4 Å². The third-order valence-electron chi connectivity index (χ3n) is 2.07. The summed E-state index contributed by atoms with van der Waals surface area (Å²) in [6.45, 7) is 0. The number of halogens is 3. The van der Waals surface area contributed by atoms with Crippen molar-refractivity contribution in [3.63, 3.8) is 0 Å². The summed E-state index contributed by atoms with van der Waals surface area (Å²) >= 11 is 6.56. The molecule has 2 N–H and O–H groups in total. The SMILES string of the molecule is O=C(Nc1cccc(Cl)c1)Nc1cc(C(F)F)ns1. The van der Waals surface area contributed by atoms with Crippen LogP contribution in [0.2, 0.25) is 5.02 Å². The lowest BCUT2D eigenvalue weighted by Gasteiger charge is -2.05. The van der Waals surface area contributed by atoms with Crippen LogP contribution in [0.15, 0.2) is 30.3 Å². The minimum atomic E-state index is -2.65. The van der Waals surface area contributed by atoms with Gasteiger partial charge in [0.25, 0.3) is 6.43 Å². The van der Waals surface area contributed by atoms with E-state index < -0.39 is 12.5 Å². The van der Waals surface area contributed by atoms with Gasteiger partial charge in [0, 0.05) is 16.8 Å². The molecule has 8 heteroatoms. The van der Waals surface area contributed by atoms with Crippen molar-refractivity contribution in [1.82, 2.24) is 4.37 Å². The zero-order valence-electron chi connectivity index (χ0n) is 9.36. The lowest BCUT2D eigenvalue weighted by atomic mass is 10.3. The second kappa shape index (κ2) is 5.94. The first-order valence-corrected chi connectivity index (χ1v) is 6.28. The van der Waals surface area contributed by atoms with Crippen molar-refractivity contribution in [3.05, 3.63) is 41.0 Å². The number of nitrogens with zero attached hydrogens (tertiary/aromatic N) is 1. The Balaban J connectivity index is 1.97. The van der Waals surface area contributed by atoms with Crippen molar-refractivity contribution in [3.8, 4) is 0 Å². The molecule has 0 atom stereocenters. The number of amides is 2. The molecular formula is C11H8ClF2N3OS. The fourth-order valence-electron chi connectivity index (χ4n) is 1.29. The molecule has 1 aromatic heterocycles. The van der Waals surface area contributed by atoms with E-state index in [1.165, 1.54) is 0 Å². The van der Waals surface area contributed by atoms with Crippen LogP contribution in [0.5, 0.6) is 0 Å².